The van der Waals surface area contributed by atoms with Crippen molar-refractivity contribution < 1.29 is 4.79 Å². The van der Waals surface area contributed by atoms with Crippen molar-refractivity contribution in [2.24, 2.45) is 5.41 Å². The number of hydrogen-bond acceptors (Lipinski definition) is 2. The molecule has 5 rings (SSSR count). The minimum atomic E-state index is -0.324. The van der Waals surface area contributed by atoms with Gasteiger partial charge in [0.15, 0.2) is 0 Å². The van der Waals surface area contributed by atoms with E-state index in [2.05, 4.69) is 67.4 Å². The van der Waals surface area contributed by atoms with Crippen LogP contribution in [0.15, 0.2) is 66.7 Å². The van der Waals surface area contributed by atoms with E-state index in [1.54, 1.807) is 0 Å². The van der Waals surface area contributed by atoms with Crippen LogP contribution in [-0.4, -0.2) is 17.0 Å². The first-order valence-electron chi connectivity index (χ1n) is 9.26. The Kier molecular flexibility index (Phi) is 3.17. The number of hydrazine groups is 1. The van der Waals surface area contributed by atoms with E-state index >= 15 is 0 Å². The summed E-state index contributed by atoms with van der Waals surface area (Å²) < 4.78 is 0. The number of hydrogen-bond donors (Lipinski definition) is 0. The smallest absolute Gasteiger partial charge is 0.247 e. The second-order valence-corrected chi connectivity index (χ2v) is 8.03. The molecule has 2 heterocycles. The molecular formula is C23H22N2O. The van der Waals surface area contributed by atoms with Crippen molar-refractivity contribution >= 4 is 28.1 Å². The van der Waals surface area contributed by atoms with Crippen LogP contribution in [0.1, 0.15) is 25.8 Å². The first kappa shape index (κ1) is 15.4. The fourth-order valence-corrected chi connectivity index (χ4v) is 4.57. The van der Waals surface area contributed by atoms with Crippen molar-refractivity contribution in [2.45, 2.75) is 32.7 Å². The Labute approximate surface area is 153 Å². The Hall–Kier alpha value is -2.81. The summed E-state index contributed by atoms with van der Waals surface area (Å²) in [6.45, 7) is 4.14. The molecule has 3 aromatic carbocycles. The van der Waals surface area contributed by atoms with Gasteiger partial charge in [0.2, 0.25) is 5.91 Å². The summed E-state index contributed by atoms with van der Waals surface area (Å²) in [5.74, 6) is 0.213. The van der Waals surface area contributed by atoms with Gasteiger partial charge >= 0.3 is 0 Å². The van der Waals surface area contributed by atoms with Crippen molar-refractivity contribution in [1.29, 1.82) is 0 Å². The molecule has 0 radical (unpaired) electrons. The summed E-state index contributed by atoms with van der Waals surface area (Å²) in [6, 6.07) is 23.3. The number of amides is 1. The van der Waals surface area contributed by atoms with Crippen LogP contribution in [0.4, 0.5) is 11.4 Å². The zero-order valence-corrected chi connectivity index (χ0v) is 15.1. The number of fused-ring (bicyclic) bond motifs is 4. The predicted octanol–water partition coefficient (Wildman–Crippen LogP) is 5.08. The molecule has 0 spiro atoms. The van der Waals surface area contributed by atoms with E-state index in [1.165, 1.54) is 16.3 Å². The molecule has 2 aliphatic heterocycles. The van der Waals surface area contributed by atoms with Crippen LogP contribution in [0.25, 0.3) is 10.8 Å². The third-order valence-corrected chi connectivity index (χ3v) is 5.78. The Morgan fingerprint density at radius 2 is 1.65 bits per heavy atom. The van der Waals surface area contributed by atoms with E-state index in [-0.39, 0.29) is 17.4 Å². The van der Waals surface area contributed by atoms with Gasteiger partial charge in [0.05, 0.1) is 17.4 Å². The quantitative estimate of drug-likeness (QED) is 0.616. The Bertz CT molecular complexity index is 1010. The molecule has 3 aromatic rings. The molecule has 3 heteroatoms. The highest BCUT2D eigenvalue weighted by Crippen LogP contribution is 2.47. The van der Waals surface area contributed by atoms with Gasteiger partial charge < -0.3 is 0 Å². The largest absolute Gasteiger partial charge is 0.272 e. The fourth-order valence-electron chi connectivity index (χ4n) is 4.57. The average Bonchev–Trinajstić information content (AvgIpc) is 2.89. The number of benzene rings is 3. The third-order valence-electron chi connectivity index (χ3n) is 5.78. The monoisotopic (exact) mass is 342 g/mol. The molecule has 2 aliphatic rings. The lowest BCUT2D eigenvalue weighted by Crippen LogP contribution is -2.50. The second-order valence-electron chi connectivity index (χ2n) is 8.03. The van der Waals surface area contributed by atoms with E-state index in [0.717, 1.165) is 24.2 Å². The van der Waals surface area contributed by atoms with Gasteiger partial charge in [-0.25, -0.2) is 5.01 Å². The molecule has 1 fully saturated rings. The minimum Gasteiger partial charge on any atom is -0.272 e. The van der Waals surface area contributed by atoms with Crippen LogP contribution in [0, 0.1) is 5.41 Å². The van der Waals surface area contributed by atoms with Crippen molar-refractivity contribution in [3.63, 3.8) is 0 Å². The Morgan fingerprint density at radius 1 is 0.923 bits per heavy atom. The van der Waals surface area contributed by atoms with Crippen molar-refractivity contribution in [3.8, 4) is 0 Å². The summed E-state index contributed by atoms with van der Waals surface area (Å²) in [5.41, 5.74) is 3.19. The first-order chi connectivity index (χ1) is 12.6. The molecule has 1 atom stereocenters. The van der Waals surface area contributed by atoms with Gasteiger partial charge in [-0.3, -0.25) is 9.80 Å². The van der Waals surface area contributed by atoms with Crippen LogP contribution in [-0.2, 0) is 11.2 Å². The highest BCUT2D eigenvalue weighted by atomic mass is 16.2. The summed E-state index contributed by atoms with van der Waals surface area (Å²) >= 11 is 0. The van der Waals surface area contributed by atoms with Gasteiger partial charge in [0.1, 0.15) is 0 Å². The number of carbonyl (C=O) groups is 1. The summed E-state index contributed by atoms with van der Waals surface area (Å²) in [6.07, 6.45) is 1.80. The minimum absolute atomic E-state index is 0.205. The van der Waals surface area contributed by atoms with Gasteiger partial charge in [-0.15, -0.1) is 0 Å². The van der Waals surface area contributed by atoms with Crippen LogP contribution in [0.2, 0.25) is 0 Å². The predicted molar refractivity (Wildman–Crippen MR) is 105 cm³/mol. The normalized spacial score (nSPS) is 21.0. The van der Waals surface area contributed by atoms with Crippen LogP contribution in [0.3, 0.4) is 0 Å². The highest BCUT2D eigenvalue weighted by Gasteiger charge is 2.50. The molecule has 1 saturated heterocycles. The van der Waals surface area contributed by atoms with Crippen molar-refractivity contribution in [3.05, 3.63) is 72.3 Å². The molecular weight excluding hydrogens is 320 g/mol. The van der Waals surface area contributed by atoms with E-state index in [0.29, 0.717) is 0 Å². The zero-order valence-electron chi connectivity index (χ0n) is 15.1. The lowest BCUT2D eigenvalue weighted by atomic mass is 9.87. The lowest BCUT2D eigenvalue weighted by molar-refractivity contribution is -0.135. The molecule has 130 valence electrons. The number of carbonyl (C=O) groups excluding carboxylic acids is 1. The standard InChI is InChI=1S/C23H22N2O/c1-23(2)15-18-14-20-19-11-7-6-8-16(19)12-13-21(20)24(25(18)22(23)26)17-9-4-3-5-10-17/h3-13,18H,14-15H2,1-2H3. The van der Waals surface area contributed by atoms with Gasteiger partial charge in [-0.1, -0.05) is 62.4 Å². The summed E-state index contributed by atoms with van der Waals surface area (Å²) in [7, 11) is 0. The molecule has 1 amide bonds. The Morgan fingerprint density at radius 3 is 2.46 bits per heavy atom. The van der Waals surface area contributed by atoms with E-state index in [4.69, 9.17) is 0 Å². The van der Waals surface area contributed by atoms with Crippen molar-refractivity contribution in [1.82, 2.24) is 5.01 Å². The zero-order chi connectivity index (χ0) is 17.9. The van der Waals surface area contributed by atoms with E-state index < -0.39 is 0 Å². The molecule has 0 N–H and O–H groups in total. The van der Waals surface area contributed by atoms with Crippen molar-refractivity contribution in [2.75, 3.05) is 5.01 Å². The van der Waals surface area contributed by atoms with Crippen LogP contribution >= 0.6 is 0 Å². The van der Waals surface area contributed by atoms with Crippen LogP contribution < -0.4 is 5.01 Å². The fraction of sp³-hybridized carbons (Fsp3) is 0.261. The Balaban J connectivity index is 1.77. The SMILES string of the molecule is CC1(C)CC2Cc3c(ccc4ccccc34)N(c3ccccc3)N2C1=O. The maximum Gasteiger partial charge on any atom is 0.247 e. The lowest BCUT2D eigenvalue weighted by Gasteiger charge is -2.43. The average molecular weight is 342 g/mol. The second kappa shape index (κ2) is 5.34. The number of rotatable bonds is 1. The van der Waals surface area contributed by atoms with E-state index in [1.807, 2.05) is 23.2 Å². The molecule has 1 unspecified atom stereocenters. The molecule has 0 aliphatic carbocycles. The first-order valence-corrected chi connectivity index (χ1v) is 9.26. The van der Waals surface area contributed by atoms with Gasteiger partial charge in [-0.2, -0.15) is 0 Å². The maximum absolute atomic E-state index is 13.2. The molecule has 3 nitrogen and oxygen atoms in total. The summed E-state index contributed by atoms with van der Waals surface area (Å²) in [4.78, 5) is 13.2. The van der Waals surface area contributed by atoms with Crippen LogP contribution in [0.5, 0.6) is 0 Å². The maximum atomic E-state index is 13.2. The molecule has 26 heavy (non-hydrogen) atoms. The van der Waals surface area contributed by atoms with Gasteiger partial charge in [0, 0.05) is 5.41 Å². The molecule has 0 saturated carbocycles. The molecule has 0 aromatic heterocycles. The third kappa shape index (κ3) is 2.10. The number of nitrogens with zero attached hydrogens (tertiary/aromatic N) is 2. The highest BCUT2D eigenvalue weighted by molar-refractivity contribution is 5.95. The van der Waals surface area contributed by atoms with Gasteiger partial charge in [0.25, 0.3) is 0 Å². The number of para-hydroxylation sites is 1. The molecule has 0 bridgehead atoms. The number of anilines is 2. The topological polar surface area (TPSA) is 23.6 Å². The van der Waals surface area contributed by atoms with Gasteiger partial charge in [-0.05, 0) is 47.4 Å². The van der Waals surface area contributed by atoms with E-state index in [9.17, 15) is 4.79 Å². The summed E-state index contributed by atoms with van der Waals surface area (Å²) in [5, 5.41) is 6.71.